The summed E-state index contributed by atoms with van der Waals surface area (Å²) in [6, 6.07) is 0. The Morgan fingerprint density at radius 3 is 2.88 bits per heavy atom. The minimum atomic E-state index is 1.46. The van der Waals surface area contributed by atoms with Crippen molar-refractivity contribution in [1.82, 2.24) is 10.1 Å². The van der Waals surface area contributed by atoms with E-state index >= 15 is 0 Å². The molecule has 1 N–H and O–H groups in total. The summed E-state index contributed by atoms with van der Waals surface area (Å²) >= 11 is 1.46. The molecule has 0 amide bonds. The standard InChI is InChI=1S/C3H6N4S/c1-8-7-5-3-2-4-6-7/h2-3,6H,1H3. The van der Waals surface area contributed by atoms with Crippen LogP contribution in [0.5, 0.6) is 0 Å². The molecule has 5 heteroatoms. The summed E-state index contributed by atoms with van der Waals surface area (Å²) < 4.78 is 1.56. The largest absolute Gasteiger partial charge is 0.192 e. The first kappa shape index (κ1) is 5.43. The van der Waals surface area contributed by atoms with Crippen LogP contribution < -0.4 is 5.53 Å². The van der Waals surface area contributed by atoms with Crippen molar-refractivity contribution in [3.8, 4) is 0 Å². The molecule has 0 saturated heterocycles. The first-order chi connectivity index (χ1) is 3.93. The van der Waals surface area contributed by atoms with Crippen LogP contribution in [-0.4, -0.2) is 23.2 Å². The van der Waals surface area contributed by atoms with Gasteiger partial charge >= 0.3 is 0 Å². The second-order valence-electron chi connectivity index (χ2n) is 1.10. The van der Waals surface area contributed by atoms with Crippen LogP contribution in [-0.2, 0) is 0 Å². The second kappa shape index (κ2) is 2.56. The highest BCUT2D eigenvalue weighted by atomic mass is 32.2. The summed E-state index contributed by atoms with van der Waals surface area (Å²) in [5.41, 5.74) is 2.64. The fourth-order valence-corrected chi connectivity index (χ4v) is 0.598. The maximum absolute atomic E-state index is 3.86. The smallest absolute Gasteiger partial charge is 0.0703 e. The zero-order chi connectivity index (χ0) is 5.82. The molecule has 0 spiro atoms. The molecule has 0 aromatic heterocycles. The van der Waals surface area contributed by atoms with Crippen LogP contribution in [0.4, 0.5) is 0 Å². The Morgan fingerprint density at radius 2 is 2.50 bits per heavy atom. The molecule has 4 nitrogen and oxygen atoms in total. The summed E-state index contributed by atoms with van der Waals surface area (Å²) in [7, 11) is 0. The minimum Gasteiger partial charge on any atom is -0.192 e. The van der Waals surface area contributed by atoms with Gasteiger partial charge < -0.3 is 0 Å². The molecule has 0 aliphatic carbocycles. The highest BCUT2D eigenvalue weighted by Crippen LogP contribution is 2.00. The average Bonchev–Trinajstić information content (AvgIpc) is 1.90. The van der Waals surface area contributed by atoms with Crippen molar-refractivity contribution in [3.05, 3.63) is 0 Å². The number of hydrazine groups is 1. The van der Waals surface area contributed by atoms with Crippen molar-refractivity contribution in [2.24, 2.45) is 10.2 Å². The van der Waals surface area contributed by atoms with E-state index < -0.39 is 0 Å². The molecule has 0 aromatic rings. The zero-order valence-electron chi connectivity index (χ0n) is 4.40. The summed E-state index contributed by atoms with van der Waals surface area (Å²) in [5.74, 6) is 0. The molecular weight excluding hydrogens is 124 g/mol. The Morgan fingerprint density at radius 1 is 1.62 bits per heavy atom. The van der Waals surface area contributed by atoms with Crippen LogP contribution in [0.15, 0.2) is 10.2 Å². The van der Waals surface area contributed by atoms with Gasteiger partial charge in [0.15, 0.2) is 0 Å². The van der Waals surface area contributed by atoms with Crippen molar-refractivity contribution in [2.45, 2.75) is 0 Å². The third kappa shape index (κ3) is 1.13. The fraction of sp³-hybridized carbons (Fsp3) is 0.333. The summed E-state index contributed by atoms with van der Waals surface area (Å²) in [5, 5.41) is 7.57. The van der Waals surface area contributed by atoms with Crippen molar-refractivity contribution in [1.29, 1.82) is 0 Å². The molecular formula is C3H6N4S. The lowest BCUT2D eigenvalue weighted by atomic mass is 10.8. The van der Waals surface area contributed by atoms with E-state index in [0.29, 0.717) is 0 Å². The van der Waals surface area contributed by atoms with E-state index in [1.807, 2.05) is 6.26 Å². The van der Waals surface area contributed by atoms with Gasteiger partial charge in [-0.1, -0.05) is 0 Å². The predicted octanol–water partition coefficient (Wildman–Crippen LogP) is 0.0562. The van der Waals surface area contributed by atoms with E-state index in [0.717, 1.165) is 0 Å². The summed E-state index contributed by atoms with van der Waals surface area (Å²) in [4.78, 5) is 0. The van der Waals surface area contributed by atoms with Gasteiger partial charge in [0.1, 0.15) is 0 Å². The molecule has 0 saturated carbocycles. The Balaban J connectivity index is 2.40. The lowest BCUT2D eigenvalue weighted by Crippen LogP contribution is -2.24. The van der Waals surface area contributed by atoms with Gasteiger partial charge in [-0.25, -0.2) is 0 Å². The fourth-order valence-electron chi connectivity index (χ4n) is 0.320. The first-order valence-electron chi connectivity index (χ1n) is 2.09. The van der Waals surface area contributed by atoms with E-state index in [1.165, 1.54) is 11.9 Å². The topological polar surface area (TPSA) is 40.0 Å². The number of nitrogens with zero attached hydrogens (tertiary/aromatic N) is 3. The van der Waals surface area contributed by atoms with Crippen LogP contribution in [0, 0.1) is 0 Å². The molecule has 44 valence electrons. The lowest BCUT2D eigenvalue weighted by Gasteiger charge is -2.13. The van der Waals surface area contributed by atoms with Crippen LogP contribution in [0.3, 0.4) is 0 Å². The van der Waals surface area contributed by atoms with Crippen LogP contribution in [0.25, 0.3) is 0 Å². The van der Waals surface area contributed by atoms with Gasteiger partial charge in [-0.2, -0.15) is 15.7 Å². The zero-order valence-corrected chi connectivity index (χ0v) is 5.22. The maximum atomic E-state index is 3.86. The monoisotopic (exact) mass is 130 g/mol. The SMILES string of the molecule is CSN1N=CC=NN1. The summed E-state index contributed by atoms with van der Waals surface area (Å²) in [6.07, 6.45) is 5.12. The number of hydrogen-bond donors (Lipinski definition) is 1. The van der Waals surface area contributed by atoms with E-state index in [4.69, 9.17) is 0 Å². The lowest BCUT2D eigenvalue weighted by molar-refractivity contribution is 0.381. The first-order valence-corrected chi connectivity index (χ1v) is 3.27. The Bertz CT molecular complexity index is 120. The van der Waals surface area contributed by atoms with Crippen molar-refractivity contribution < 1.29 is 0 Å². The highest BCUT2D eigenvalue weighted by molar-refractivity contribution is 7.96. The van der Waals surface area contributed by atoms with E-state index in [9.17, 15) is 0 Å². The van der Waals surface area contributed by atoms with Crippen LogP contribution in [0.1, 0.15) is 0 Å². The summed E-state index contributed by atoms with van der Waals surface area (Å²) in [6.45, 7) is 0. The maximum Gasteiger partial charge on any atom is 0.0703 e. The molecule has 0 bridgehead atoms. The van der Waals surface area contributed by atoms with Gasteiger partial charge in [0.2, 0.25) is 0 Å². The average molecular weight is 130 g/mol. The number of nitrogens with one attached hydrogen (secondary N) is 1. The van der Waals surface area contributed by atoms with E-state index in [2.05, 4.69) is 15.7 Å². The molecule has 0 aromatic carbocycles. The third-order valence-electron chi connectivity index (χ3n) is 0.629. The number of hydrazone groups is 2. The molecule has 0 radical (unpaired) electrons. The number of rotatable bonds is 1. The molecule has 1 aliphatic rings. The molecule has 8 heavy (non-hydrogen) atoms. The highest BCUT2D eigenvalue weighted by Gasteiger charge is 1.93. The normalized spacial score (nSPS) is 16.4. The van der Waals surface area contributed by atoms with Gasteiger partial charge in [-0.3, -0.25) is 0 Å². The molecule has 1 rings (SSSR count). The molecule has 0 unspecified atom stereocenters. The van der Waals surface area contributed by atoms with Gasteiger partial charge in [-0.15, -0.1) is 4.52 Å². The quantitative estimate of drug-likeness (QED) is 0.510. The number of hydrogen-bond acceptors (Lipinski definition) is 5. The third-order valence-corrected chi connectivity index (χ3v) is 1.15. The van der Waals surface area contributed by atoms with Crippen molar-refractivity contribution >= 4 is 24.4 Å². The van der Waals surface area contributed by atoms with E-state index in [-0.39, 0.29) is 0 Å². The molecule has 0 atom stereocenters. The Kier molecular flexibility index (Phi) is 1.74. The minimum absolute atomic E-state index is 1.46. The molecule has 0 fully saturated rings. The van der Waals surface area contributed by atoms with Gasteiger partial charge in [-0.05, 0) is 11.9 Å². The van der Waals surface area contributed by atoms with Gasteiger partial charge in [0.05, 0.1) is 12.4 Å². The van der Waals surface area contributed by atoms with Gasteiger partial charge in [0, 0.05) is 6.26 Å². The Labute approximate surface area is 51.7 Å². The predicted molar refractivity (Wildman–Crippen MR) is 35.5 cm³/mol. The van der Waals surface area contributed by atoms with Crippen LogP contribution in [0.2, 0.25) is 0 Å². The van der Waals surface area contributed by atoms with Crippen molar-refractivity contribution in [2.75, 3.05) is 6.26 Å². The molecule has 1 heterocycles. The van der Waals surface area contributed by atoms with Crippen molar-refractivity contribution in [3.63, 3.8) is 0 Å². The Hall–Kier alpha value is -0.710. The molecule has 1 aliphatic heterocycles. The van der Waals surface area contributed by atoms with E-state index in [1.54, 1.807) is 17.0 Å². The van der Waals surface area contributed by atoms with Gasteiger partial charge in [0.25, 0.3) is 0 Å². The van der Waals surface area contributed by atoms with Crippen LogP contribution >= 0.6 is 11.9 Å². The second-order valence-corrected chi connectivity index (χ2v) is 1.81.